The number of nitrogens with one attached hydrogen (secondary N) is 1. The van der Waals surface area contributed by atoms with Gasteiger partial charge in [0.2, 0.25) is 5.91 Å². The van der Waals surface area contributed by atoms with Crippen LogP contribution in [0.5, 0.6) is 5.75 Å². The zero-order valence-corrected chi connectivity index (χ0v) is 15.8. The number of anilines is 1. The number of nitrogens with zero attached hydrogens (tertiary/aromatic N) is 2. The number of aliphatic hydroxyl groups is 1. The first-order chi connectivity index (χ1) is 12.4. The molecule has 1 aliphatic rings. The highest BCUT2D eigenvalue weighted by atomic mass is 16.5. The number of aliphatic hydroxyl groups excluding tert-OH is 1. The molecule has 1 heterocycles. The zero-order chi connectivity index (χ0) is 19.1. The normalized spacial score (nSPS) is 15.8. The van der Waals surface area contributed by atoms with Crippen LogP contribution in [0.2, 0.25) is 0 Å². The Morgan fingerprint density at radius 1 is 1.31 bits per heavy atom. The summed E-state index contributed by atoms with van der Waals surface area (Å²) in [7, 11) is 5.36. The van der Waals surface area contributed by atoms with Crippen molar-refractivity contribution in [3.05, 3.63) is 23.8 Å². The number of ether oxygens (including phenoxy) is 1. The number of unbranched alkanes of at least 4 members (excludes halogenated alkanes) is 2. The van der Waals surface area contributed by atoms with E-state index >= 15 is 0 Å². The summed E-state index contributed by atoms with van der Waals surface area (Å²) in [6.07, 6.45) is 2.86. The smallest absolute Gasteiger partial charge is 0.253 e. The Morgan fingerprint density at radius 3 is 2.77 bits per heavy atom. The fraction of sp³-hybridized carbons (Fsp3) is 0.579. The highest BCUT2D eigenvalue weighted by molar-refractivity contribution is 5.95. The maximum absolute atomic E-state index is 12.2. The van der Waals surface area contributed by atoms with Crippen LogP contribution in [0.15, 0.2) is 18.2 Å². The number of carbonyl (C=O) groups excluding carboxylic acids is 2. The largest absolute Gasteiger partial charge is 0.489 e. The second-order valence-electron chi connectivity index (χ2n) is 6.80. The number of fused-ring (bicyclic) bond motifs is 1. The Hall–Kier alpha value is -2.28. The van der Waals surface area contributed by atoms with Crippen LogP contribution in [0, 0.1) is 0 Å². The van der Waals surface area contributed by atoms with Gasteiger partial charge in [-0.2, -0.15) is 0 Å². The van der Waals surface area contributed by atoms with Gasteiger partial charge in [0, 0.05) is 39.9 Å². The van der Waals surface area contributed by atoms with E-state index in [0.717, 1.165) is 30.7 Å². The summed E-state index contributed by atoms with van der Waals surface area (Å²) < 4.78 is 5.79. The summed E-state index contributed by atoms with van der Waals surface area (Å²) in [5.74, 6) is 0.644. The molecule has 1 unspecified atom stereocenters. The van der Waals surface area contributed by atoms with Gasteiger partial charge in [-0.3, -0.25) is 9.59 Å². The highest BCUT2D eigenvalue weighted by Gasteiger charge is 2.27. The van der Waals surface area contributed by atoms with E-state index in [1.165, 1.54) is 4.90 Å². The van der Waals surface area contributed by atoms with Crippen molar-refractivity contribution < 1.29 is 19.4 Å². The number of rotatable bonds is 8. The molecule has 0 spiro atoms. The standard InChI is InChI=1S/C19H29N3O4/c1-21(2)19(25)14-7-8-17-16(11-14)22(3)15(13-26-17)12-18(24)20-9-5-4-6-10-23/h7-8,11,15,23H,4-6,9-10,12-13H2,1-3H3,(H,20,24). The third kappa shape index (κ3) is 5.11. The van der Waals surface area contributed by atoms with Crippen LogP contribution in [0.3, 0.4) is 0 Å². The maximum atomic E-state index is 12.2. The molecular formula is C19H29N3O4. The van der Waals surface area contributed by atoms with E-state index in [9.17, 15) is 9.59 Å². The molecule has 0 fully saturated rings. The monoisotopic (exact) mass is 363 g/mol. The van der Waals surface area contributed by atoms with Gasteiger partial charge >= 0.3 is 0 Å². The van der Waals surface area contributed by atoms with Crippen LogP contribution in [0.1, 0.15) is 36.0 Å². The minimum Gasteiger partial charge on any atom is -0.489 e. The minimum absolute atomic E-state index is 0.0154. The lowest BCUT2D eigenvalue weighted by Gasteiger charge is -2.35. The van der Waals surface area contributed by atoms with Crippen molar-refractivity contribution in [3.8, 4) is 5.75 Å². The van der Waals surface area contributed by atoms with Crippen LogP contribution < -0.4 is 15.0 Å². The second kappa shape index (κ2) is 9.43. The molecule has 0 bridgehead atoms. The van der Waals surface area contributed by atoms with Gasteiger partial charge < -0.3 is 25.0 Å². The molecule has 1 aromatic rings. The Labute approximate surface area is 154 Å². The van der Waals surface area contributed by atoms with Crippen molar-refractivity contribution in [1.29, 1.82) is 0 Å². The summed E-state index contributed by atoms with van der Waals surface area (Å²) in [5.41, 5.74) is 1.42. The molecule has 0 aromatic heterocycles. The topological polar surface area (TPSA) is 82.1 Å². The number of benzene rings is 1. The molecule has 144 valence electrons. The van der Waals surface area contributed by atoms with E-state index in [0.29, 0.717) is 25.1 Å². The quantitative estimate of drug-likeness (QED) is 0.680. The summed E-state index contributed by atoms with van der Waals surface area (Å²) in [5, 5.41) is 11.7. The molecule has 0 saturated heterocycles. The molecule has 0 radical (unpaired) electrons. The van der Waals surface area contributed by atoms with E-state index in [4.69, 9.17) is 9.84 Å². The molecule has 0 saturated carbocycles. The van der Waals surface area contributed by atoms with Crippen molar-refractivity contribution in [3.63, 3.8) is 0 Å². The SMILES string of the molecule is CN(C)C(=O)c1ccc2c(c1)N(C)C(CC(=O)NCCCCCO)CO2. The van der Waals surface area contributed by atoms with Crippen molar-refractivity contribution in [2.24, 2.45) is 0 Å². The molecule has 0 aliphatic carbocycles. The van der Waals surface area contributed by atoms with Crippen LogP contribution in [-0.4, -0.2) is 68.8 Å². The molecular weight excluding hydrogens is 334 g/mol. The lowest BCUT2D eigenvalue weighted by molar-refractivity contribution is -0.121. The molecule has 2 N–H and O–H groups in total. The number of hydrogen-bond acceptors (Lipinski definition) is 5. The summed E-state index contributed by atoms with van der Waals surface area (Å²) in [6, 6.07) is 5.30. The van der Waals surface area contributed by atoms with E-state index in [1.807, 2.05) is 18.0 Å². The van der Waals surface area contributed by atoms with Gasteiger partial charge in [0.15, 0.2) is 0 Å². The van der Waals surface area contributed by atoms with E-state index in [-0.39, 0.29) is 24.5 Å². The predicted molar refractivity (Wildman–Crippen MR) is 101 cm³/mol. The molecule has 7 heteroatoms. The van der Waals surface area contributed by atoms with E-state index < -0.39 is 0 Å². The summed E-state index contributed by atoms with van der Waals surface area (Å²) in [4.78, 5) is 27.9. The average molecular weight is 363 g/mol. The number of amides is 2. The number of hydrogen-bond donors (Lipinski definition) is 2. The molecule has 2 amide bonds. The van der Waals surface area contributed by atoms with Crippen molar-refractivity contribution >= 4 is 17.5 Å². The molecule has 1 atom stereocenters. The number of likely N-dealkylation sites (N-methyl/N-ethyl adjacent to an activating group) is 1. The van der Waals surface area contributed by atoms with Gasteiger partial charge in [0.05, 0.1) is 18.2 Å². The van der Waals surface area contributed by atoms with Crippen LogP contribution in [0.25, 0.3) is 0 Å². The minimum atomic E-state index is -0.0790. The van der Waals surface area contributed by atoms with Crippen molar-refractivity contribution in [2.75, 3.05) is 45.8 Å². The summed E-state index contributed by atoms with van der Waals surface area (Å²) >= 11 is 0. The Balaban J connectivity index is 1.95. The highest BCUT2D eigenvalue weighted by Crippen LogP contribution is 2.34. The predicted octanol–water partition coefficient (Wildman–Crippen LogP) is 1.25. The Morgan fingerprint density at radius 2 is 2.08 bits per heavy atom. The third-order valence-corrected chi connectivity index (χ3v) is 4.55. The van der Waals surface area contributed by atoms with Gasteiger partial charge in [-0.25, -0.2) is 0 Å². The molecule has 2 rings (SSSR count). The molecule has 7 nitrogen and oxygen atoms in total. The van der Waals surface area contributed by atoms with Gasteiger partial charge in [-0.15, -0.1) is 0 Å². The van der Waals surface area contributed by atoms with Crippen molar-refractivity contribution in [1.82, 2.24) is 10.2 Å². The first kappa shape index (κ1) is 20.0. The van der Waals surface area contributed by atoms with Crippen LogP contribution in [-0.2, 0) is 4.79 Å². The lowest BCUT2D eigenvalue weighted by atomic mass is 10.1. The summed E-state index contributed by atoms with van der Waals surface area (Å²) in [6.45, 7) is 1.24. The first-order valence-electron chi connectivity index (χ1n) is 9.03. The van der Waals surface area contributed by atoms with Crippen LogP contribution in [0.4, 0.5) is 5.69 Å². The third-order valence-electron chi connectivity index (χ3n) is 4.55. The molecule has 1 aromatic carbocycles. The second-order valence-corrected chi connectivity index (χ2v) is 6.80. The lowest BCUT2D eigenvalue weighted by Crippen LogP contribution is -2.44. The Bertz CT molecular complexity index is 633. The van der Waals surface area contributed by atoms with Crippen molar-refractivity contribution in [2.45, 2.75) is 31.7 Å². The van der Waals surface area contributed by atoms with E-state index in [2.05, 4.69) is 5.32 Å². The van der Waals surface area contributed by atoms with Gasteiger partial charge in [0.25, 0.3) is 5.91 Å². The molecule has 1 aliphatic heterocycles. The first-order valence-corrected chi connectivity index (χ1v) is 9.03. The van der Waals surface area contributed by atoms with E-state index in [1.54, 1.807) is 26.2 Å². The zero-order valence-electron chi connectivity index (χ0n) is 15.8. The fourth-order valence-electron chi connectivity index (χ4n) is 2.92. The number of carbonyl (C=O) groups is 2. The Kier molecular flexibility index (Phi) is 7.26. The average Bonchev–Trinajstić information content (AvgIpc) is 2.63. The van der Waals surface area contributed by atoms with Crippen LogP contribution >= 0.6 is 0 Å². The molecule has 26 heavy (non-hydrogen) atoms. The maximum Gasteiger partial charge on any atom is 0.253 e. The van der Waals surface area contributed by atoms with Gasteiger partial charge in [-0.1, -0.05) is 0 Å². The van der Waals surface area contributed by atoms with Gasteiger partial charge in [0.1, 0.15) is 12.4 Å². The fourth-order valence-corrected chi connectivity index (χ4v) is 2.92. The van der Waals surface area contributed by atoms with Gasteiger partial charge in [-0.05, 0) is 37.5 Å².